The maximum absolute atomic E-state index is 13.3. The minimum atomic E-state index is -5.14. The van der Waals surface area contributed by atoms with Crippen LogP contribution in [0.2, 0.25) is 0 Å². The molecular formula is C33H24F18N6PSe3. The molecule has 0 unspecified atom stereocenters. The fourth-order valence-corrected chi connectivity index (χ4v) is 7.92. The van der Waals surface area contributed by atoms with E-state index in [1.54, 1.807) is 0 Å². The SMILES string of the molecule is FC(F)(F)c1cc(NC([Se])=NCCP(CCN=C([Se])Nc2cc(C(F)(F)F)cc(C(F)(F)F)c2)CCN=C([Se])Nc2cc(C(F)(F)F)cc(C(F)(F)F)c2)cc(C(F)(F)F)c1. The van der Waals surface area contributed by atoms with Crippen molar-refractivity contribution in [2.75, 3.05) is 54.1 Å². The van der Waals surface area contributed by atoms with Crippen molar-refractivity contribution in [3.8, 4) is 0 Å². The third-order valence-electron chi connectivity index (χ3n) is 7.53. The summed E-state index contributed by atoms with van der Waals surface area (Å²) in [6.07, 6.45) is -30.4. The molecule has 0 amide bonds. The fraction of sp³-hybridized carbons (Fsp3) is 0.364. The van der Waals surface area contributed by atoms with E-state index in [0.29, 0.717) is 36.4 Å². The van der Waals surface area contributed by atoms with Gasteiger partial charge in [0.1, 0.15) is 0 Å². The van der Waals surface area contributed by atoms with Crippen LogP contribution in [0.5, 0.6) is 0 Å². The molecule has 0 spiro atoms. The molecule has 0 saturated carbocycles. The number of rotatable bonds is 12. The molecule has 3 radical (unpaired) electrons. The zero-order valence-corrected chi connectivity index (χ0v) is 35.8. The number of nitrogens with one attached hydrogen (secondary N) is 3. The number of hydrogen-bond donors (Lipinski definition) is 3. The van der Waals surface area contributed by atoms with E-state index in [4.69, 9.17) is 0 Å². The van der Waals surface area contributed by atoms with Gasteiger partial charge in [-0.05, 0) is 0 Å². The van der Waals surface area contributed by atoms with Crippen LogP contribution in [0.15, 0.2) is 69.6 Å². The van der Waals surface area contributed by atoms with E-state index in [1.807, 2.05) is 0 Å². The van der Waals surface area contributed by atoms with E-state index < -0.39 is 95.4 Å². The second kappa shape index (κ2) is 20.5. The summed E-state index contributed by atoms with van der Waals surface area (Å²) in [5.41, 5.74) is -11.5. The molecule has 0 saturated heterocycles. The van der Waals surface area contributed by atoms with Crippen LogP contribution < -0.4 is 16.0 Å². The Morgan fingerprint density at radius 1 is 0.361 bits per heavy atom. The van der Waals surface area contributed by atoms with Crippen LogP contribution in [-0.2, 0) is 37.1 Å². The van der Waals surface area contributed by atoms with E-state index >= 15 is 0 Å². The number of alkyl halides is 18. The second-order valence-electron chi connectivity index (χ2n) is 12.2. The van der Waals surface area contributed by atoms with Crippen molar-refractivity contribution in [2.45, 2.75) is 37.1 Å². The summed E-state index contributed by atoms with van der Waals surface area (Å²) in [5.74, 6) is 0. The van der Waals surface area contributed by atoms with Gasteiger partial charge in [0, 0.05) is 0 Å². The molecule has 6 nitrogen and oxygen atoms in total. The van der Waals surface area contributed by atoms with Gasteiger partial charge in [0.05, 0.1) is 0 Å². The van der Waals surface area contributed by atoms with Gasteiger partial charge in [0.15, 0.2) is 0 Å². The molecule has 0 aromatic heterocycles. The van der Waals surface area contributed by atoms with E-state index in [9.17, 15) is 79.0 Å². The Morgan fingerprint density at radius 3 is 0.705 bits per heavy atom. The van der Waals surface area contributed by atoms with E-state index in [2.05, 4.69) is 79.0 Å². The van der Waals surface area contributed by atoms with Gasteiger partial charge >= 0.3 is 360 Å². The molecule has 3 aromatic carbocycles. The zero-order chi connectivity index (χ0) is 46.4. The van der Waals surface area contributed by atoms with Gasteiger partial charge in [-0.2, -0.15) is 0 Å². The van der Waals surface area contributed by atoms with Gasteiger partial charge in [-0.15, -0.1) is 0 Å². The fourth-order valence-electron chi connectivity index (χ4n) is 4.78. The van der Waals surface area contributed by atoms with Gasteiger partial charge in [0.2, 0.25) is 0 Å². The van der Waals surface area contributed by atoms with Crippen molar-refractivity contribution in [3.63, 3.8) is 0 Å². The molecule has 28 heteroatoms. The summed E-state index contributed by atoms with van der Waals surface area (Å²) in [5, 5.41) is 6.92. The molecule has 3 aromatic rings. The topological polar surface area (TPSA) is 73.2 Å². The molecular weight excluding hydrogens is 1090 g/mol. The first-order valence-electron chi connectivity index (χ1n) is 16.3. The predicted molar refractivity (Wildman–Crippen MR) is 196 cm³/mol. The van der Waals surface area contributed by atoms with Crippen LogP contribution in [0.4, 0.5) is 96.1 Å². The first-order chi connectivity index (χ1) is 27.7. The summed E-state index contributed by atoms with van der Waals surface area (Å²) in [4.78, 5) is 12.2. The molecule has 0 aliphatic heterocycles. The molecule has 3 N–H and O–H groups in total. The molecule has 0 heterocycles. The Hall–Kier alpha value is -3.20. The normalized spacial score (nSPS) is 14.6. The molecule has 61 heavy (non-hydrogen) atoms. The molecule has 0 aliphatic carbocycles. The molecule has 3 rings (SSSR count). The van der Waals surface area contributed by atoms with Gasteiger partial charge in [-0.1, -0.05) is 0 Å². The Morgan fingerprint density at radius 2 is 0.541 bits per heavy atom. The van der Waals surface area contributed by atoms with Gasteiger partial charge in [-0.3, -0.25) is 0 Å². The van der Waals surface area contributed by atoms with Gasteiger partial charge in [0.25, 0.3) is 0 Å². The van der Waals surface area contributed by atoms with Crippen molar-refractivity contribution >= 4 is 87.2 Å². The monoisotopic (exact) mass is 1120 g/mol. The van der Waals surface area contributed by atoms with Gasteiger partial charge in [-0.25, -0.2) is 0 Å². The van der Waals surface area contributed by atoms with Crippen molar-refractivity contribution in [1.29, 1.82) is 0 Å². The number of hydrogen-bond acceptors (Lipinski definition) is 3. The average molecular weight is 1110 g/mol. The van der Waals surface area contributed by atoms with Crippen LogP contribution in [0.3, 0.4) is 0 Å². The minimum absolute atomic E-state index is 0.0810. The molecule has 335 valence electrons. The van der Waals surface area contributed by atoms with Crippen molar-refractivity contribution in [3.05, 3.63) is 88.0 Å². The zero-order valence-electron chi connectivity index (χ0n) is 29.8. The number of nitrogens with zero attached hydrogens (tertiary/aromatic N) is 3. The van der Waals surface area contributed by atoms with Crippen LogP contribution in [0.25, 0.3) is 0 Å². The quantitative estimate of drug-likeness (QED) is 0.0556. The second-order valence-corrected chi connectivity index (χ2v) is 17.3. The Labute approximate surface area is 359 Å². The summed E-state index contributed by atoms with van der Waals surface area (Å²) >= 11 is 7.09. The van der Waals surface area contributed by atoms with Crippen LogP contribution in [-0.4, -0.2) is 100 Å². The number of anilines is 3. The molecule has 0 aliphatic rings. The molecule has 0 bridgehead atoms. The van der Waals surface area contributed by atoms with Crippen molar-refractivity contribution in [1.82, 2.24) is 0 Å². The van der Waals surface area contributed by atoms with Crippen LogP contribution in [0.1, 0.15) is 33.4 Å². The predicted octanol–water partition coefficient (Wildman–Crippen LogP) is 10.5. The standard InChI is InChI=1S/C33H24F18N6PSe3/c34-28(35,36)16-7-17(29(37,38)39)11-22(10-16)55-25(59)52-1-4-58(5-2-53-26(60)56-23-12-18(30(40,41)42)8-19(13-23)31(43,44)45)6-3-54-27(61)57-24-14-20(32(46,47)48)9-21(15-24)33(49,50)51/h7-15H,1-6H2,(H,52,55)(H,53,56)(H,54,57). The van der Waals surface area contributed by atoms with Crippen LogP contribution >= 0.6 is 7.92 Å². The summed E-state index contributed by atoms with van der Waals surface area (Å²) < 4.78 is 239. The average Bonchev–Trinajstić information content (AvgIpc) is 3.08. The van der Waals surface area contributed by atoms with Crippen molar-refractivity contribution in [2.24, 2.45) is 15.0 Å². The number of amidine groups is 3. The molecule has 0 fully saturated rings. The van der Waals surface area contributed by atoms with Crippen LogP contribution in [0, 0.1) is 0 Å². The summed E-state index contributed by atoms with van der Waals surface area (Å²) in [6, 6.07) is 2.25. The Bertz CT molecular complexity index is 1750. The van der Waals surface area contributed by atoms with Gasteiger partial charge < -0.3 is 0 Å². The summed E-state index contributed by atoms with van der Waals surface area (Å²) in [7, 11) is -1.29. The van der Waals surface area contributed by atoms with E-state index in [1.165, 1.54) is 0 Å². The Balaban J connectivity index is 1.82. The number of halogens is 18. The first kappa shape index (κ1) is 52.1. The first-order valence-corrected chi connectivity index (χ1v) is 20.7. The third-order valence-corrected chi connectivity index (χ3v) is 11.5. The number of benzene rings is 3. The van der Waals surface area contributed by atoms with Crippen molar-refractivity contribution < 1.29 is 79.0 Å². The Kier molecular flexibility index (Phi) is 17.6. The van der Waals surface area contributed by atoms with E-state index in [0.717, 1.165) is 0 Å². The number of aliphatic imine (C=N–C) groups is 3. The maximum atomic E-state index is 13.3. The molecule has 0 atom stereocenters. The third kappa shape index (κ3) is 17.5. The summed E-state index contributed by atoms with van der Waals surface area (Å²) in [6.45, 7) is -0.413. The van der Waals surface area contributed by atoms with E-state index in [-0.39, 0.29) is 70.5 Å².